The summed E-state index contributed by atoms with van der Waals surface area (Å²) in [6.45, 7) is 8.13. The molecule has 0 aliphatic heterocycles. The summed E-state index contributed by atoms with van der Waals surface area (Å²) in [5.74, 6) is 0. The van der Waals surface area contributed by atoms with Gasteiger partial charge in [0.25, 0.3) is 0 Å². The van der Waals surface area contributed by atoms with E-state index in [2.05, 4.69) is 53.0 Å². The zero-order valence-corrected chi connectivity index (χ0v) is 15.9. The quantitative estimate of drug-likeness (QED) is 0.397. The van der Waals surface area contributed by atoms with Crippen molar-refractivity contribution in [2.75, 3.05) is 0 Å². The van der Waals surface area contributed by atoms with Crippen molar-refractivity contribution in [3.05, 3.63) is 59.4 Å². The molecule has 2 radical (unpaired) electrons. The lowest BCUT2D eigenvalue weighted by atomic mass is 9.67. The molecule has 4 aromatic rings. The molecule has 0 bridgehead atoms. The zero-order chi connectivity index (χ0) is 18.6. The van der Waals surface area contributed by atoms with E-state index in [0.717, 1.165) is 44.4 Å². The van der Waals surface area contributed by atoms with Gasteiger partial charge in [0.15, 0.2) is 11.8 Å². The van der Waals surface area contributed by atoms with Crippen molar-refractivity contribution in [2.45, 2.75) is 33.0 Å². The molecular weight excluding hydrogens is 319 g/mol. The van der Waals surface area contributed by atoms with Crippen LogP contribution in [-0.4, -0.2) is 12.8 Å². The molecule has 0 saturated heterocycles. The van der Waals surface area contributed by atoms with Crippen LogP contribution in [0.4, 0.5) is 0 Å². The Labute approximate surface area is 155 Å². The smallest absolute Gasteiger partial charge is 0.227 e. The van der Waals surface area contributed by atoms with Crippen LogP contribution < -0.4 is 4.57 Å². The number of hydrogen-bond acceptors (Lipinski definition) is 2. The van der Waals surface area contributed by atoms with Crippen LogP contribution in [0.25, 0.3) is 33.3 Å². The molecule has 0 spiro atoms. The van der Waals surface area contributed by atoms with E-state index in [0.29, 0.717) is 5.71 Å². The summed E-state index contributed by atoms with van der Waals surface area (Å²) in [5, 5.41) is 1.73. The van der Waals surface area contributed by atoms with Crippen LogP contribution in [0.1, 0.15) is 30.7 Å². The number of furan rings is 1. The van der Waals surface area contributed by atoms with Gasteiger partial charge in [0.05, 0.1) is 13.4 Å². The maximum atomic E-state index is 6.34. The Bertz CT molecular complexity index is 1150. The average Bonchev–Trinajstić information content (AvgIpc) is 2.92. The lowest BCUT2D eigenvalue weighted by Gasteiger charge is -2.19. The van der Waals surface area contributed by atoms with Crippen LogP contribution >= 0.6 is 0 Å². The number of hydrogen-bond donors (Lipinski definition) is 0. The maximum Gasteiger partial charge on any atom is 0.227 e. The van der Waals surface area contributed by atoms with Gasteiger partial charge < -0.3 is 4.42 Å². The van der Waals surface area contributed by atoms with Gasteiger partial charge in [-0.05, 0) is 42.4 Å². The van der Waals surface area contributed by atoms with Gasteiger partial charge in [0.1, 0.15) is 7.05 Å². The second kappa shape index (κ2) is 5.70. The molecule has 128 valence electrons. The molecule has 0 atom stereocenters. The molecule has 26 heavy (non-hydrogen) atoms. The number of aryl methyl sites for hydroxylation is 3. The minimum Gasteiger partial charge on any atom is -0.437 e. The van der Waals surface area contributed by atoms with Crippen molar-refractivity contribution in [1.82, 2.24) is 4.98 Å². The van der Waals surface area contributed by atoms with Crippen LogP contribution in [0.5, 0.6) is 0 Å². The highest BCUT2D eigenvalue weighted by Gasteiger charge is 2.23. The summed E-state index contributed by atoms with van der Waals surface area (Å²) in [5.41, 5.74) is 6.94. The zero-order valence-electron chi connectivity index (χ0n) is 15.9. The van der Waals surface area contributed by atoms with E-state index in [1.807, 2.05) is 33.9 Å². The summed E-state index contributed by atoms with van der Waals surface area (Å²) >= 11 is 0. The largest absolute Gasteiger partial charge is 0.437 e. The number of nitrogens with zero attached hydrogens (tertiary/aromatic N) is 2. The lowest BCUT2D eigenvalue weighted by molar-refractivity contribution is -0.660. The van der Waals surface area contributed by atoms with Crippen LogP contribution in [0, 0.1) is 13.8 Å². The topological polar surface area (TPSA) is 29.9 Å². The third kappa shape index (κ3) is 2.61. The third-order valence-electron chi connectivity index (χ3n) is 5.00. The van der Waals surface area contributed by atoms with Crippen molar-refractivity contribution >= 4 is 29.9 Å². The highest BCUT2D eigenvalue weighted by atomic mass is 16.3. The molecular formula is C22H22BN2O+. The average molecular weight is 341 g/mol. The van der Waals surface area contributed by atoms with Gasteiger partial charge in [-0.15, -0.1) is 0 Å². The summed E-state index contributed by atoms with van der Waals surface area (Å²) in [7, 11) is 8.39. The molecule has 0 aliphatic rings. The molecule has 0 fully saturated rings. The fraction of sp³-hybridized carbons (Fsp3) is 0.273. The molecule has 0 unspecified atom stereocenters. The summed E-state index contributed by atoms with van der Waals surface area (Å²) < 4.78 is 8.34. The van der Waals surface area contributed by atoms with Crippen molar-refractivity contribution in [1.29, 1.82) is 0 Å². The van der Waals surface area contributed by atoms with Gasteiger partial charge in [-0.2, -0.15) is 0 Å². The normalized spacial score (nSPS) is 12.2. The van der Waals surface area contributed by atoms with E-state index in [1.165, 1.54) is 0 Å². The molecule has 3 heterocycles. The number of rotatable bonds is 2. The summed E-state index contributed by atoms with van der Waals surface area (Å²) in [6.07, 6.45) is 2.06. The Morgan fingerprint density at radius 2 is 1.77 bits per heavy atom. The molecule has 3 nitrogen and oxygen atoms in total. The van der Waals surface area contributed by atoms with Gasteiger partial charge in [0.2, 0.25) is 11.4 Å². The minimum absolute atomic E-state index is 0.405. The summed E-state index contributed by atoms with van der Waals surface area (Å²) in [4.78, 5) is 4.56. The van der Waals surface area contributed by atoms with E-state index < -0.39 is 5.31 Å². The van der Waals surface area contributed by atoms with Gasteiger partial charge in [-0.25, -0.2) is 9.55 Å². The van der Waals surface area contributed by atoms with Crippen molar-refractivity contribution in [3.8, 4) is 11.3 Å². The van der Waals surface area contributed by atoms with Gasteiger partial charge in [-0.1, -0.05) is 26.0 Å². The molecule has 0 aliphatic carbocycles. The number of aromatic nitrogens is 2. The molecule has 3 aromatic heterocycles. The monoisotopic (exact) mass is 341 g/mol. The maximum absolute atomic E-state index is 6.34. The van der Waals surface area contributed by atoms with Crippen LogP contribution in [0.15, 0.2) is 47.0 Å². The Balaban J connectivity index is 2.09. The first-order chi connectivity index (χ1) is 12.3. The Kier molecular flexibility index (Phi) is 3.69. The van der Waals surface area contributed by atoms with E-state index in [9.17, 15) is 0 Å². The second-order valence-electron chi connectivity index (χ2n) is 7.67. The molecule has 0 saturated carbocycles. The molecule has 4 rings (SSSR count). The first-order valence-electron chi connectivity index (χ1n) is 8.84. The SMILES string of the molecule is [B]C(C)(C)c1cc[n+](C)c(-c2c(C)ccc3c2oc2nc(C)ccc23)c1. The number of benzene rings is 1. The highest BCUT2D eigenvalue weighted by Crippen LogP contribution is 2.37. The molecule has 0 N–H and O–H groups in total. The first kappa shape index (κ1) is 16.8. The van der Waals surface area contributed by atoms with Crippen LogP contribution in [0.2, 0.25) is 0 Å². The Morgan fingerprint density at radius 1 is 1.04 bits per heavy atom. The predicted molar refractivity (Wildman–Crippen MR) is 106 cm³/mol. The molecule has 1 aromatic carbocycles. The Morgan fingerprint density at radius 3 is 2.50 bits per heavy atom. The van der Waals surface area contributed by atoms with Crippen LogP contribution in [0.3, 0.4) is 0 Å². The second-order valence-corrected chi connectivity index (χ2v) is 7.67. The third-order valence-corrected chi connectivity index (χ3v) is 5.00. The standard InChI is InChI=1S/C22H22BN2O/c1-13-6-8-16-17-9-7-14(2)24-21(17)26-20(16)19(13)18-12-15(22(3,4)23)10-11-25(18)5/h6-12H,1-5H3/q+1. The fourth-order valence-electron chi connectivity index (χ4n) is 3.45. The van der Waals surface area contributed by atoms with Crippen molar-refractivity contribution in [2.24, 2.45) is 7.05 Å². The molecule has 4 heteroatoms. The van der Waals surface area contributed by atoms with Gasteiger partial charge in [-0.3, -0.25) is 0 Å². The van der Waals surface area contributed by atoms with Crippen molar-refractivity contribution < 1.29 is 8.98 Å². The number of pyridine rings is 2. The molecule has 0 amide bonds. The predicted octanol–water partition coefficient (Wildman–Crippen LogP) is 4.49. The highest BCUT2D eigenvalue weighted by molar-refractivity contribution is 6.15. The number of fused-ring (bicyclic) bond motifs is 3. The van der Waals surface area contributed by atoms with E-state index in [-0.39, 0.29) is 0 Å². The Hall–Kier alpha value is -2.62. The van der Waals surface area contributed by atoms with Crippen molar-refractivity contribution in [3.63, 3.8) is 0 Å². The van der Waals surface area contributed by atoms with Crippen LogP contribution in [-0.2, 0) is 12.4 Å². The minimum atomic E-state index is -0.405. The van der Waals surface area contributed by atoms with E-state index >= 15 is 0 Å². The van der Waals surface area contributed by atoms with Gasteiger partial charge in [0, 0.05) is 28.6 Å². The van der Waals surface area contributed by atoms with E-state index in [1.54, 1.807) is 0 Å². The van der Waals surface area contributed by atoms with E-state index in [4.69, 9.17) is 12.3 Å². The fourth-order valence-corrected chi connectivity index (χ4v) is 3.45. The first-order valence-corrected chi connectivity index (χ1v) is 8.84. The summed E-state index contributed by atoms with van der Waals surface area (Å²) in [6, 6.07) is 12.6. The van der Waals surface area contributed by atoms with Gasteiger partial charge >= 0.3 is 0 Å². The lowest BCUT2D eigenvalue weighted by Crippen LogP contribution is -2.32.